The van der Waals surface area contributed by atoms with E-state index in [-0.39, 0.29) is 5.91 Å². The molecule has 2 aromatic rings. The predicted molar refractivity (Wildman–Crippen MR) is 107 cm³/mol. The highest BCUT2D eigenvalue weighted by atomic mass is 32.2. The van der Waals surface area contributed by atoms with Crippen molar-refractivity contribution in [3.05, 3.63) is 40.3 Å². The van der Waals surface area contributed by atoms with E-state index in [2.05, 4.69) is 15.3 Å². The molecule has 0 bridgehead atoms. The minimum absolute atomic E-state index is 0.259. The number of nitrogens with zero attached hydrogens (tertiary/aromatic N) is 3. The number of carbonyl (C=O) groups excluding carboxylic acids is 1. The molecule has 1 aromatic heterocycles. The van der Waals surface area contributed by atoms with Gasteiger partial charge in [-0.3, -0.25) is 9.69 Å². The lowest BCUT2D eigenvalue weighted by molar-refractivity contribution is -0.132. The van der Waals surface area contributed by atoms with E-state index in [0.717, 1.165) is 54.9 Å². The molecule has 1 aliphatic heterocycles. The van der Waals surface area contributed by atoms with Crippen LogP contribution in [0.2, 0.25) is 0 Å². The largest absolute Gasteiger partial charge is 0.497 e. The third kappa shape index (κ3) is 5.46. The van der Waals surface area contributed by atoms with E-state index in [4.69, 9.17) is 4.74 Å². The average molecular weight is 392 g/mol. The van der Waals surface area contributed by atoms with Gasteiger partial charge in [0, 0.05) is 55.2 Å². The van der Waals surface area contributed by atoms with E-state index in [0.29, 0.717) is 6.42 Å². The SMILES string of the molecule is COc1ccc(SCCC(=O)N2CCN(Cc3csc(C)n3)CC2)cc1. The van der Waals surface area contributed by atoms with Gasteiger partial charge >= 0.3 is 0 Å². The summed E-state index contributed by atoms with van der Waals surface area (Å²) in [6.45, 7) is 6.40. The number of benzene rings is 1. The van der Waals surface area contributed by atoms with E-state index >= 15 is 0 Å². The number of ether oxygens (including phenoxy) is 1. The van der Waals surface area contributed by atoms with Crippen molar-refractivity contribution in [3.63, 3.8) is 0 Å². The number of piperazine rings is 1. The fraction of sp³-hybridized carbons (Fsp3) is 0.474. The Labute approximate surface area is 163 Å². The van der Waals surface area contributed by atoms with Crippen LogP contribution in [-0.2, 0) is 11.3 Å². The van der Waals surface area contributed by atoms with Crippen molar-refractivity contribution >= 4 is 29.0 Å². The Morgan fingerprint density at radius 1 is 1.23 bits per heavy atom. The van der Waals surface area contributed by atoms with E-state index in [1.165, 1.54) is 4.90 Å². The monoisotopic (exact) mass is 391 g/mol. The van der Waals surface area contributed by atoms with Crippen LogP contribution in [-0.4, -0.2) is 59.7 Å². The van der Waals surface area contributed by atoms with Crippen LogP contribution < -0.4 is 4.74 Å². The standard InChI is InChI=1S/C19H25N3O2S2/c1-15-20-16(14-26-15)13-21-8-10-22(11-9-21)19(23)7-12-25-18-5-3-17(24-2)4-6-18/h3-6,14H,7-13H2,1-2H3. The first kappa shape index (κ1) is 19.2. The quantitative estimate of drug-likeness (QED) is 0.678. The Morgan fingerprint density at radius 3 is 2.58 bits per heavy atom. The van der Waals surface area contributed by atoms with Gasteiger partial charge in [0.05, 0.1) is 17.8 Å². The van der Waals surface area contributed by atoms with Gasteiger partial charge in [-0.15, -0.1) is 23.1 Å². The summed E-state index contributed by atoms with van der Waals surface area (Å²) < 4.78 is 5.16. The molecule has 1 amide bonds. The molecular weight excluding hydrogens is 366 g/mol. The molecule has 0 aliphatic carbocycles. The lowest BCUT2D eigenvalue weighted by Gasteiger charge is -2.34. The molecule has 1 aromatic carbocycles. The smallest absolute Gasteiger partial charge is 0.223 e. The molecule has 0 spiro atoms. The van der Waals surface area contributed by atoms with E-state index in [1.807, 2.05) is 36.1 Å². The molecule has 7 heteroatoms. The topological polar surface area (TPSA) is 45.7 Å². The van der Waals surface area contributed by atoms with E-state index in [1.54, 1.807) is 30.2 Å². The first-order chi connectivity index (χ1) is 12.6. The average Bonchev–Trinajstić information content (AvgIpc) is 3.07. The highest BCUT2D eigenvalue weighted by Gasteiger charge is 2.21. The summed E-state index contributed by atoms with van der Waals surface area (Å²) >= 11 is 3.41. The normalized spacial score (nSPS) is 15.2. The molecule has 1 fully saturated rings. The van der Waals surface area contributed by atoms with Crippen LogP contribution in [0.15, 0.2) is 34.5 Å². The summed E-state index contributed by atoms with van der Waals surface area (Å²) in [5.74, 6) is 1.93. The van der Waals surface area contributed by atoms with Gasteiger partial charge in [0.1, 0.15) is 5.75 Å². The number of thioether (sulfide) groups is 1. The second-order valence-corrected chi connectivity index (χ2v) is 8.52. The minimum atomic E-state index is 0.259. The minimum Gasteiger partial charge on any atom is -0.497 e. The summed E-state index contributed by atoms with van der Waals surface area (Å²) in [6.07, 6.45) is 0.585. The molecule has 26 heavy (non-hydrogen) atoms. The second-order valence-electron chi connectivity index (χ2n) is 6.29. The van der Waals surface area contributed by atoms with Crippen LogP contribution in [0.3, 0.4) is 0 Å². The summed E-state index contributed by atoms with van der Waals surface area (Å²) in [4.78, 5) is 22.5. The van der Waals surface area contributed by atoms with Gasteiger partial charge in [-0.1, -0.05) is 0 Å². The van der Waals surface area contributed by atoms with E-state index < -0.39 is 0 Å². The van der Waals surface area contributed by atoms with Crippen molar-refractivity contribution in [2.24, 2.45) is 0 Å². The number of methoxy groups -OCH3 is 1. The Balaban J connectivity index is 1.36. The maximum absolute atomic E-state index is 12.4. The molecule has 0 unspecified atom stereocenters. The molecule has 1 aliphatic rings. The number of carbonyl (C=O) groups is 1. The second kappa shape index (κ2) is 9.39. The number of hydrogen-bond acceptors (Lipinski definition) is 6. The summed E-state index contributed by atoms with van der Waals surface area (Å²) in [5.41, 5.74) is 1.14. The van der Waals surface area contributed by atoms with Crippen LogP contribution in [0.5, 0.6) is 5.75 Å². The van der Waals surface area contributed by atoms with Crippen LogP contribution in [0.1, 0.15) is 17.1 Å². The summed E-state index contributed by atoms with van der Waals surface area (Å²) in [7, 11) is 1.67. The fourth-order valence-corrected chi connectivity index (χ4v) is 4.40. The Bertz CT molecular complexity index is 710. The summed E-state index contributed by atoms with van der Waals surface area (Å²) in [6, 6.07) is 7.97. The van der Waals surface area contributed by atoms with Gasteiger partial charge < -0.3 is 9.64 Å². The third-order valence-electron chi connectivity index (χ3n) is 4.42. The summed E-state index contributed by atoms with van der Waals surface area (Å²) in [5, 5.41) is 3.24. The highest BCUT2D eigenvalue weighted by Crippen LogP contribution is 2.22. The van der Waals surface area contributed by atoms with Gasteiger partial charge in [0.25, 0.3) is 0 Å². The van der Waals surface area contributed by atoms with Crippen LogP contribution in [0.25, 0.3) is 0 Å². The van der Waals surface area contributed by atoms with Crippen molar-refractivity contribution in [3.8, 4) is 5.75 Å². The number of aromatic nitrogens is 1. The fourth-order valence-electron chi connectivity index (χ4n) is 2.95. The van der Waals surface area contributed by atoms with Crippen LogP contribution in [0.4, 0.5) is 0 Å². The maximum Gasteiger partial charge on any atom is 0.223 e. The predicted octanol–water partition coefficient (Wildman–Crippen LogP) is 3.29. The van der Waals surface area contributed by atoms with Crippen molar-refractivity contribution in [2.45, 2.75) is 24.8 Å². The number of rotatable bonds is 7. The van der Waals surface area contributed by atoms with Gasteiger partial charge in [-0.25, -0.2) is 4.98 Å². The van der Waals surface area contributed by atoms with Gasteiger partial charge in [-0.2, -0.15) is 0 Å². The molecule has 1 saturated heterocycles. The molecule has 0 radical (unpaired) electrons. The first-order valence-electron chi connectivity index (χ1n) is 8.82. The van der Waals surface area contributed by atoms with E-state index in [9.17, 15) is 4.79 Å². The molecular formula is C19H25N3O2S2. The lowest BCUT2D eigenvalue weighted by Crippen LogP contribution is -2.48. The molecule has 0 atom stereocenters. The van der Waals surface area contributed by atoms with Crippen LogP contribution in [0, 0.1) is 6.92 Å². The number of amides is 1. The first-order valence-corrected chi connectivity index (χ1v) is 10.7. The van der Waals surface area contributed by atoms with Crippen LogP contribution >= 0.6 is 23.1 Å². The van der Waals surface area contributed by atoms with Gasteiger partial charge in [0.2, 0.25) is 5.91 Å². The molecule has 3 rings (SSSR count). The van der Waals surface area contributed by atoms with Crippen molar-refractivity contribution in [2.75, 3.05) is 39.0 Å². The molecule has 0 N–H and O–H groups in total. The number of aryl methyl sites for hydroxylation is 1. The third-order valence-corrected chi connectivity index (χ3v) is 6.26. The zero-order chi connectivity index (χ0) is 18.4. The molecule has 2 heterocycles. The van der Waals surface area contributed by atoms with Crippen molar-refractivity contribution in [1.29, 1.82) is 0 Å². The molecule has 0 saturated carbocycles. The molecule has 5 nitrogen and oxygen atoms in total. The van der Waals surface area contributed by atoms with Gasteiger partial charge in [0.15, 0.2) is 0 Å². The zero-order valence-corrected chi connectivity index (χ0v) is 16.9. The molecule has 140 valence electrons. The lowest BCUT2D eigenvalue weighted by atomic mass is 10.2. The number of thiazole rings is 1. The Morgan fingerprint density at radius 2 is 1.96 bits per heavy atom. The van der Waals surface area contributed by atoms with Gasteiger partial charge in [-0.05, 0) is 31.2 Å². The Hall–Kier alpha value is -1.57. The zero-order valence-electron chi connectivity index (χ0n) is 15.3. The number of hydrogen-bond donors (Lipinski definition) is 0. The van der Waals surface area contributed by atoms with Crippen molar-refractivity contribution < 1.29 is 9.53 Å². The van der Waals surface area contributed by atoms with Crippen molar-refractivity contribution in [1.82, 2.24) is 14.8 Å². The Kier molecular flexibility index (Phi) is 6.93. The maximum atomic E-state index is 12.4. The highest BCUT2D eigenvalue weighted by molar-refractivity contribution is 7.99.